The van der Waals surface area contributed by atoms with Crippen LogP contribution in [-0.2, 0) is 11.3 Å². The topological polar surface area (TPSA) is 90.0 Å². The van der Waals surface area contributed by atoms with Crippen LogP contribution in [-0.4, -0.2) is 15.7 Å². The molecule has 8 heteroatoms. The first-order valence-electron chi connectivity index (χ1n) is 5.96. The van der Waals surface area contributed by atoms with E-state index in [1.54, 1.807) is 13.0 Å². The molecule has 0 fully saturated rings. The summed E-state index contributed by atoms with van der Waals surface area (Å²) in [5.41, 5.74) is 6.51. The predicted octanol–water partition coefficient (Wildman–Crippen LogP) is 2.08. The molecule has 0 atom stereocenters. The number of nitrogens with two attached hydrogens (primary N) is 1. The Balaban J connectivity index is 2.19. The maximum atomic E-state index is 12.0. The number of hydrogen-bond donors (Lipinski definition) is 2. The molecule has 0 aliphatic rings. The molecule has 3 N–H and O–H groups in total. The van der Waals surface area contributed by atoms with Crippen molar-refractivity contribution in [1.82, 2.24) is 9.78 Å². The fraction of sp³-hybridized carbons (Fsp3) is 0.154. The highest BCUT2D eigenvalue weighted by atomic mass is 35.5. The Labute approximate surface area is 130 Å². The van der Waals surface area contributed by atoms with Crippen molar-refractivity contribution in [3.63, 3.8) is 0 Å². The highest BCUT2D eigenvalue weighted by molar-refractivity contribution is 6.37. The van der Waals surface area contributed by atoms with Crippen molar-refractivity contribution < 1.29 is 4.79 Å². The summed E-state index contributed by atoms with van der Waals surface area (Å²) < 4.78 is 1.06. The predicted molar refractivity (Wildman–Crippen MR) is 82.7 cm³/mol. The summed E-state index contributed by atoms with van der Waals surface area (Å²) in [6.07, 6.45) is 0. The van der Waals surface area contributed by atoms with E-state index in [9.17, 15) is 9.59 Å². The zero-order valence-corrected chi connectivity index (χ0v) is 12.6. The molecule has 110 valence electrons. The van der Waals surface area contributed by atoms with E-state index in [2.05, 4.69) is 10.4 Å². The molecule has 1 aromatic heterocycles. The van der Waals surface area contributed by atoms with Crippen LogP contribution in [0, 0.1) is 6.92 Å². The SMILES string of the molecule is Cc1ccc(=O)n(CC(=O)Nc2c(N)cc(Cl)cc2Cl)n1. The van der Waals surface area contributed by atoms with Crippen LogP contribution in [0.5, 0.6) is 0 Å². The molecule has 0 aliphatic carbocycles. The number of carbonyl (C=O) groups is 1. The Morgan fingerprint density at radius 1 is 1.38 bits per heavy atom. The Hall–Kier alpha value is -2.05. The van der Waals surface area contributed by atoms with Gasteiger partial charge >= 0.3 is 0 Å². The molecule has 0 saturated carbocycles. The summed E-state index contributed by atoms with van der Waals surface area (Å²) in [5, 5.41) is 7.11. The lowest BCUT2D eigenvalue weighted by molar-refractivity contribution is -0.117. The highest BCUT2D eigenvalue weighted by Gasteiger charge is 2.12. The van der Waals surface area contributed by atoms with Gasteiger partial charge in [-0.2, -0.15) is 5.10 Å². The van der Waals surface area contributed by atoms with Crippen LogP contribution < -0.4 is 16.6 Å². The van der Waals surface area contributed by atoms with E-state index in [0.717, 1.165) is 4.68 Å². The number of amides is 1. The lowest BCUT2D eigenvalue weighted by Crippen LogP contribution is -2.29. The summed E-state index contributed by atoms with van der Waals surface area (Å²) in [6, 6.07) is 5.86. The van der Waals surface area contributed by atoms with Crippen LogP contribution >= 0.6 is 23.2 Å². The number of nitrogen functional groups attached to an aromatic ring is 1. The standard InChI is InChI=1S/C13H12Cl2N4O2/c1-7-2-3-12(21)19(18-7)6-11(20)17-13-9(15)4-8(14)5-10(13)16/h2-5H,6,16H2,1H3,(H,17,20). The van der Waals surface area contributed by atoms with E-state index in [-0.39, 0.29) is 28.5 Å². The quantitative estimate of drug-likeness (QED) is 0.845. The largest absolute Gasteiger partial charge is 0.397 e. The monoisotopic (exact) mass is 326 g/mol. The third kappa shape index (κ3) is 3.74. The van der Waals surface area contributed by atoms with E-state index < -0.39 is 5.91 Å². The number of aryl methyl sites for hydroxylation is 1. The minimum absolute atomic E-state index is 0.220. The van der Waals surface area contributed by atoms with Crippen LogP contribution in [0.3, 0.4) is 0 Å². The molecule has 1 amide bonds. The molecule has 0 radical (unpaired) electrons. The minimum Gasteiger partial charge on any atom is -0.397 e. The van der Waals surface area contributed by atoms with Crippen molar-refractivity contribution >= 4 is 40.5 Å². The number of hydrogen-bond acceptors (Lipinski definition) is 4. The van der Waals surface area contributed by atoms with Crippen LogP contribution in [0.15, 0.2) is 29.1 Å². The van der Waals surface area contributed by atoms with Crippen molar-refractivity contribution in [3.05, 3.63) is 50.4 Å². The molecule has 2 aromatic rings. The van der Waals surface area contributed by atoms with Crippen molar-refractivity contribution in [2.24, 2.45) is 0 Å². The molecular formula is C13H12Cl2N4O2. The molecule has 0 spiro atoms. The number of nitrogens with zero attached hydrogens (tertiary/aromatic N) is 2. The van der Waals surface area contributed by atoms with Gasteiger partial charge in [0.05, 0.1) is 22.1 Å². The van der Waals surface area contributed by atoms with Crippen molar-refractivity contribution in [2.45, 2.75) is 13.5 Å². The Bertz CT molecular complexity index is 735. The first kappa shape index (κ1) is 15.3. The average Bonchev–Trinajstić information content (AvgIpc) is 2.38. The number of nitrogens with one attached hydrogen (secondary N) is 1. The van der Waals surface area contributed by atoms with Gasteiger partial charge in [0.15, 0.2) is 0 Å². The average molecular weight is 327 g/mol. The van der Waals surface area contributed by atoms with Gasteiger partial charge in [-0.15, -0.1) is 0 Å². The van der Waals surface area contributed by atoms with Crippen molar-refractivity contribution in [1.29, 1.82) is 0 Å². The summed E-state index contributed by atoms with van der Waals surface area (Å²) in [4.78, 5) is 23.6. The van der Waals surface area contributed by atoms with E-state index in [0.29, 0.717) is 10.7 Å². The van der Waals surface area contributed by atoms with E-state index in [4.69, 9.17) is 28.9 Å². The molecular weight excluding hydrogens is 315 g/mol. The Kier molecular flexibility index (Phi) is 4.50. The van der Waals surface area contributed by atoms with Gasteiger partial charge in [-0.05, 0) is 25.1 Å². The third-order valence-corrected chi connectivity index (χ3v) is 3.16. The molecule has 2 rings (SSSR count). The zero-order chi connectivity index (χ0) is 15.6. The molecule has 21 heavy (non-hydrogen) atoms. The second-order valence-corrected chi connectivity index (χ2v) is 5.21. The van der Waals surface area contributed by atoms with Gasteiger partial charge in [0.2, 0.25) is 5.91 Å². The van der Waals surface area contributed by atoms with Gasteiger partial charge in [0, 0.05) is 11.1 Å². The second kappa shape index (κ2) is 6.15. The normalized spacial score (nSPS) is 10.4. The first-order valence-corrected chi connectivity index (χ1v) is 6.71. The van der Waals surface area contributed by atoms with Crippen LogP contribution in [0.25, 0.3) is 0 Å². The highest BCUT2D eigenvalue weighted by Crippen LogP contribution is 2.31. The lowest BCUT2D eigenvalue weighted by Gasteiger charge is -2.11. The van der Waals surface area contributed by atoms with Crippen molar-refractivity contribution in [2.75, 3.05) is 11.1 Å². The van der Waals surface area contributed by atoms with E-state index >= 15 is 0 Å². The smallest absolute Gasteiger partial charge is 0.267 e. The molecule has 0 saturated heterocycles. The fourth-order valence-electron chi connectivity index (χ4n) is 1.70. The van der Waals surface area contributed by atoms with Crippen LogP contribution in [0.4, 0.5) is 11.4 Å². The summed E-state index contributed by atoms with van der Waals surface area (Å²) in [5.74, 6) is -0.467. The number of benzene rings is 1. The van der Waals surface area contributed by atoms with Crippen molar-refractivity contribution in [3.8, 4) is 0 Å². The third-order valence-electron chi connectivity index (χ3n) is 2.64. The van der Waals surface area contributed by atoms with Crippen LogP contribution in [0.2, 0.25) is 10.0 Å². The van der Waals surface area contributed by atoms with Gasteiger partial charge in [-0.25, -0.2) is 4.68 Å². The molecule has 6 nitrogen and oxygen atoms in total. The van der Waals surface area contributed by atoms with Gasteiger partial charge < -0.3 is 11.1 Å². The summed E-state index contributed by atoms with van der Waals surface area (Å²) >= 11 is 11.8. The Morgan fingerprint density at radius 3 is 2.76 bits per heavy atom. The summed E-state index contributed by atoms with van der Waals surface area (Å²) in [7, 11) is 0. The van der Waals surface area contributed by atoms with E-state index in [1.165, 1.54) is 18.2 Å². The molecule has 1 aromatic carbocycles. The van der Waals surface area contributed by atoms with Gasteiger partial charge in [-0.1, -0.05) is 23.2 Å². The molecule has 1 heterocycles. The zero-order valence-electron chi connectivity index (χ0n) is 11.1. The molecule has 0 bridgehead atoms. The number of aromatic nitrogens is 2. The second-order valence-electron chi connectivity index (χ2n) is 4.37. The van der Waals surface area contributed by atoms with E-state index in [1.807, 2.05) is 0 Å². The molecule has 0 unspecified atom stereocenters. The molecule has 0 aliphatic heterocycles. The van der Waals surface area contributed by atoms with Crippen LogP contribution in [0.1, 0.15) is 5.69 Å². The fourth-order valence-corrected chi connectivity index (χ4v) is 2.26. The van der Waals surface area contributed by atoms with Gasteiger partial charge in [0.1, 0.15) is 6.54 Å². The lowest BCUT2D eigenvalue weighted by atomic mass is 10.2. The number of halogens is 2. The number of rotatable bonds is 3. The van der Waals surface area contributed by atoms with Gasteiger partial charge in [-0.3, -0.25) is 9.59 Å². The number of anilines is 2. The van der Waals surface area contributed by atoms with Gasteiger partial charge in [0.25, 0.3) is 5.56 Å². The Morgan fingerprint density at radius 2 is 2.10 bits per heavy atom. The maximum Gasteiger partial charge on any atom is 0.267 e. The number of carbonyl (C=O) groups excluding carboxylic acids is 1. The summed E-state index contributed by atoms with van der Waals surface area (Å²) in [6.45, 7) is 1.49. The maximum absolute atomic E-state index is 12.0. The first-order chi connectivity index (χ1) is 9.86. The minimum atomic E-state index is -0.467.